The Bertz CT molecular complexity index is 744. The highest BCUT2D eigenvalue weighted by Gasteiger charge is 2.19. The number of ether oxygens (including phenoxy) is 1. The number of sulfonamides is 1. The summed E-state index contributed by atoms with van der Waals surface area (Å²) >= 11 is 0. The number of anilines is 1. The summed E-state index contributed by atoms with van der Waals surface area (Å²) in [4.78, 5) is -0.0576. The first-order valence-electron chi connectivity index (χ1n) is 6.17. The lowest BCUT2D eigenvalue weighted by Crippen LogP contribution is -2.19. The van der Waals surface area contributed by atoms with Gasteiger partial charge in [0.15, 0.2) is 0 Å². The molecule has 0 aromatic heterocycles. The molecule has 7 heteroatoms. The molecule has 21 heavy (non-hydrogen) atoms. The van der Waals surface area contributed by atoms with E-state index in [0.717, 1.165) is 0 Å². The topological polar surface area (TPSA) is 102 Å². The molecule has 0 spiro atoms. The third-order valence-corrected chi connectivity index (χ3v) is 4.32. The zero-order valence-electron chi connectivity index (χ0n) is 11.4. The summed E-state index contributed by atoms with van der Waals surface area (Å²) in [6, 6.07) is 11.2. The predicted molar refractivity (Wildman–Crippen MR) is 79.5 cm³/mol. The maximum atomic E-state index is 12.0. The Balaban J connectivity index is 2.50. The molecule has 0 amide bonds. The van der Waals surface area contributed by atoms with Gasteiger partial charge < -0.3 is 15.6 Å². The normalized spacial score (nSPS) is 11.3. The molecule has 0 saturated heterocycles. The van der Waals surface area contributed by atoms with Gasteiger partial charge in [0.1, 0.15) is 16.4 Å². The Kier molecular flexibility index (Phi) is 4.46. The van der Waals surface area contributed by atoms with Crippen LogP contribution in [-0.2, 0) is 16.6 Å². The lowest BCUT2D eigenvalue weighted by molar-refractivity contribution is 0.276. The highest BCUT2D eigenvalue weighted by Crippen LogP contribution is 2.32. The summed E-state index contributed by atoms with van der Waals surface area (Å²) < 4.78 is 31.9. The van der Waals surface area contributed by atoms with E-state index in [9.17, 15) is 13.5 Å². The largest absolute Gasteiger partial charge is 0.456 e. The summed E-state index contributed by atoms with van der Waals surface area (Å²) in [6.45, 7) is -0.209. The summed E-state index contributed by atoms with van der Waals surface area (Å²) in [5.74, 6) is 0.525. The molecule has 0 aliphatic rings. The maximum absolute atomic E-state index is 12.0. The molecule has 0 bridgehead atoms. The van der Waals surface area contributed by atoms with Crippen molar-refractivity contribution in [1.29, 1.82) is 0 Å². The minimum absolute atomic E-state index is 0.0576. The van der Waals surface area contributed by atoms with Gasteiger partial charge in [0.2, 0.25) is 10.0 Å². The lowest BCUT2D eigenvalue weighted by Gasteiger charge is -2.14. The van der Waals surface area contributed by atoms with Gasteiger partial charge in [-0.3, -0.25) is 0 Å². The summed E-state index contributed by atoms with van der Waals surface area (Å²) in [5, 5.41) is 9.29. The molecular formula is C14H16N2O4S. The highest BCUT2D eigenvalue weighted by atomic mass is 32.2. The minimum Gasteiger partial charge on any atom is -0.456 e. The fourth-order valence-corrected chi connectivity index (χ4v) is 2.67. The van der Waals surface area contributed by atoms with Crippen molar-refractivity contribution in [2.75, 3.05) is 12.8 Å². The zero-order chi connectivity index (χ0) is 15.5. The average Bonchev–Trinajstić information content (AvgIpc) is 2.49. The van der Waals surface area contributed by atoms with Crippen molar-refractivity contribution >= 4 is 15.7 Å². The second-order valence-corrected chi connectivity index (χ2v) is 6.14. The Hall–Kier alpha value is -2.09. The second-order valence-electron chi connectivity index (χ2n) is 4.28. The molecule has 2 aromatic carbocycles. The number of nitrogen functional groups attached to an aromatic ring is 1. The smallest absolute Gasteiger partial charge is 0.244 e. The number of para-hydroxylation sites is 1. The van der Waals surface area contributed by atoms with E-state index in [-0.39, 0.29) is 17.3 Å². The first kappa shape index (κ1) is 15.3. The number of aliphatic hydroxyl groups excluding tert-OH is 1. The van der Waals surface area contributed by atoms with Crippen LogP contribution in [0.15, 0.2) is 47.4 Å². The van der Waals surface area contributed by atoms with E-state index in [1.54, 1.807) is 30.3 Å². The fourth-order valence-electron chi connectivity index (χ4n) is 1.78. The minimum atomic E-state index is -3.71. The number of nitrogens with two attached hydrogens (primary N) is 1. The molecule has 2 rings (SSSR count). The van der Waals surface area contributed by atoms with Crippen LogP contribution in [0.4, 0.5) is 5.69 Å². The van der Waals surface area contributed by atoms with Crippen molar-refractivity contribution in [3.8, 4) is 11.5 Å². The van der Waals surface area contributed by atoms with Gasteiger partial charge in [-0.25, -0.2) is 13.1 Å². The number of aliphatic hydroxyl groups is 1. The van der Waals surface area contributed by atoms with Crippen LogP contribution in [0.1, 0.15) is 5.56 Å². The first-order chi connectivity index (χ1) is 9.97. The molecule has 0 fully saturated rings. The predicted octanol–water partition coefficient (Wildman–Crippen LogP) is 1.46. The van der Waals surface area contributed by atoms with Gasteiger partial charge in [-0.2, -0.15) is 0 Å². The molecule has 4 N–H and O–H groups in total. The Morgan fingerprint density at radius 2 is 1.90 bits per heavy atom. The van der Waals surface area contributed by atoms with Crippen LogP contribution in [0.2, 0.25) is 0 Å². The molecule has 0 aliphatic heterocycles. The third kappa shape index (κ3) is 3.33. The Morgan fingerprint density at radius 3 is 2.57 bits per heavy atom. The summed E-state index contributed by atoms with van der Waals surface area (Å²) in [7, 11) is -2.40. The van der Waals surface area contributed by atoms with Crippen molar-refractivity contribution < 1.29 is 18.3 Å². The van der Waals surface area contributed by atoms with Gasteiger partial charge in [0.25, 0.3) is 0 Å². The van der Waals surface area contributed by atoms with Gasteiger partial charge in [-0.1, -0.05) is 18.2 Å². The van der Waals surface area contributed by atoms with Crippen molar-refractivity contribution in [2.24, 2.45) is 0 Å². The molecule has 112 valence electrons. The molecule has 0 saturated carbocycles. The fraction of sp³-hybridized carbons (Fsp3) is 0.143. The molecular weight excluding hydrogens is 292 g/mol. The van der Waals surface area contributed by atoms with Crippen LogP contribution in [0, 0.1) is 0 Å². The molecule has 0 radical (unpaired) electrons. The van der Waals surface area contributed by atoms with Gasteiger partial charge in [0.05, 0.1) is 6.61 Å². The SMILES string of the molecule is CNS(=O)(=O)c1cc(N)ccc1Oc1ccccc1CO. The molecule has 0 atom stereocenters. The van der Waals surface area contributed by atoms with E-state index < -0.39 is 10.0 Å². The molecule has 6 nitrogen and oxygen atoms in total. The Morgan fingerprint density at radius 1 is 1.19 bits per heavy atom. The van der Waals surface area contributed by atoms with Crippen molar-refractivity contribution in [3.63, 3.8) is 0 Å². The van der Waals surface area contributed by atoms with Gasteiger partial charge in [-0.15, -0.1) is 0 Å². The van der Waals surface area contributed by atoms with Crippen molar-refractivity contribution in [2.45, 2.75) is 11.5 Å². The van der Waals surface area contributed by atoms with Crippen LogP contribution >= 0.6 is 0 Å². The van der Waals surface area contributed by atoms with Gasteiger partial charge in [-0.05, 0) is 31.3 Å². The second kappa shape index (κ2) is 6.13. The highest BCUT2D eigenvalue weighted by molar-refractivity contribution is 7.89. The molecule has 0 aliphatic carbocycles. The number of nitrogens with one attached hydrogen (secondary N) is 1. The van der Waals surface area contributed by atoms with E-state index in [2.05, 4.69) is 4.72 Å². The monoisotopic (exact) mass is 308 g/mol. The first-order valence-corrected chi connectivity index (χ1v) is 7.66. The van der Waals surface area contributed by atoms with Gasteiger partial charge >= 0.3 is 0 Å². The van der Waals surface area contributed by atoms with Crippen LogP contribution in [0.25, 0.3) is 0 Å². The third-order valence-electron chi connectivity index (χ3n) is 2.89. The van der Waals surface area contributed by atoms with Gasteiger partial charge in [0, 0.05) is 11.3 Å². The van der Waals surface area contributed by atoms with Crippen LogP contribution in [0.3, 0.4) is 0 Å². The van der Waals surface area contributed by atoms with E-state index in [4.69, 9.17) is 10.5 Å². The standard InChI is InChI=1S/C14H16N2O4S/c1-16-21(18,19)14-8-11(15)6-7-13(14)20-12-5-3-2-4-10(12)9-17/h2-8,16-17H,9,15H2,1H3. The van der Waals surface area contributed by atoms with Crippen LogP contribution in [-0.4, -0.2) is 20.6 Å². The van der Waals surface area contributed by atoms with Crippen molar-refractivity contribution in [1.82, 2.24) is 4.72 Å². The zero-order valence-corrected chi connectivity index (χ0v) is 12.2. The summed E-state index contributed by atoms with van der Waals surface area (Å²) in [5.41, 5.74) is 6.51. The van der Waals surface area contributed by atoms with E-state index in [1.807, 2.05) is 0 Å². The van der Waals surface area contributed by atoms with Crippen molar-refractivity contribution in [3.05, 3.63) is 48.0 Å². The number of benzene rings is 2. The van der Waals surface area contributed by atoms with E-state index >= 15 is 0 Å². The maximum Gasteiger partial charge on any atom is 0.244 e. The summed E-state index contributed by atoms with van der Waals surface area (Å²) in [6.07, 6.45) is 0. The van der Waals surface area contributed by atoms with E-state index in [1.165, 1.54) is 19.2 Å². The Labute approximate surface area is 123 Å². The molecule has 2 aromatic rings. The number of hydrogen-bond donors (Lipinski definition) is 3. The lowest BCUT2D eigenvalue weighted by atomic mass is 10.2. The number of rotatable bonds is 5. The van der Waals surface area contributed by atoms with E-state index in [0.29, 0.717) is 17.0 Å². The average molecular weight is 308 g/mol. The quantitative estimate of drug-likeness (QED) is 0.726. The van der Waals surface area contributed by atoms with Crippen LogP contribution < -0.4 is 15.2 Å². The molecule has 0 unspecified atom stereocenters. The molecule has 0 heterocycles. The number of hydrogen-bond acceptors (Lipinski definition) is 5. The van der Waals surface area contributed by atoms with Crippen LogP contribution in [0.5, 0.6) is 11.5 Å².